The third-order valence-corrected chi connectivity index (χ3v) is 3.38. The molecule has 0 aliphatic carbocycles. The maximum atomic E-state index is 9.88. The SMILES string of the molecule is CC1(O)CCN(c2ccc(CN)cc2)CC1. The Morgan fingerprint density at radius 2 is 1.81 bits per heavy atom. The Kier molecular flexibility index (Phi) is 3.17. The van der Waals surface area contributed by atoms with E-state index in [0.717, 1.165) is 31.5 Å². The van der Waals surface area contributed by atoms with Gasteiger partial charge >= 0.3 is 0 Å². The molecular weight excluding hydrogens is 200 g/mol. The van der Waals surface area contributed by atoms with Crippen LogP contribution in [0, 0.1) is 0 Å². The zero-order chi connectivity index (χ0) is 11.6. The molecule has 3 heteroatoms. The van der Waals surface area contributed by atoms with Crippen LogP contribution >= 0.6 is 0 Å². The number of aliphatic hydroxyl groups is 1. The van der Waals surface area contributed by atoms with Gasteiger partial charge in [0.2, 0.25) is 0 Å². The Balaban J connectivity index is 2.03. The normalized spacial score (nSPS) is 19.8. The number of nitrogens with two attached hydrogens (primary N) is 1. The molecule has 1 aliphatic rings. The number of piperidine rings is 1. The van der Waals surface area contributed by atoms with E-state index in [1.165, 1.54) is 5.69 Å². The van der Waals surface area contributed by atoms with E-state index in [2.05, 4.69) is 29.2 Å². The molecule has 3 N–H and O–H groups in total. The molecule has 0 spiro atoms. The number of benzene rings is 1. The van der Waals surface area contributed by atoms with E-state index < -0.39 is 5.60 Å². The Labute approximate surface area is 96.9 Å². The number of rotatable bonds is 2. The molecule has 0 aromatic heterocycles. The Bertz CT molecular complexity index is 335. The number of hydrogen-bond donors (Lipinski definition) is 2. The highest BCUT2D eigenvalue weighted by molar-refractivity contribution is 5.48. The molecule has 0 radical (unpaired) electrons. The highest BCUT2D eigenvalue weighted by Crippen LogP contribution is 2.25. The number of hydrogen-bond acceptors (Lipinski definition) is 3. The first kappa shape index (κ1) is 11.4. The Morgan fingerprint density at radius 3 is 2.31 bits per heavy atom. The van der Waals surface area contributed by atoms with Crippen LogP contribution in [0.1, 0.15) is 25.3 Å². The van der Waals surface area contributed by atoms with Crippen LogP contribution in [0.15, 0.2) is 24.3 Å². The molecule has 0 atom stereocenters. The van der Waals surface area contributed by atoms with Gasteiger partial charge in [-0.25, -0.2) is 0 Å². The van der Waals surface area contributed by atoms with Crippen molar-refractivity contribution in [2.24, 2.45) is 5.73 Å². The van der Waals surface area contributed by atoms with Crippen LogP contribution in [0.3, 0.4) is 0 Å². The van der Waals surface area contributed by atoms with Gasteiger partial charge in [-0.05, 0) is 37.5 Å². The Hall–Kier alpha value is -1.06. The highest BCUT2D eigenvalue weighted by atomic mass is 16.3. The van der Waals surface area contributed by atoms with Crippen LogP contribution in [-0.4, -0.2) is 23.8 Å². The summed E-state index contributed by atoms with van der Waals surface area (Å²) in [5.41, 5.74) is 7.48. The molecular formula is C13H20N2O. The predicted molar refractivity (Wildman–Crippen MR) is 66.4 cm³/mol. The fourth-order valence-electron chi connectivity index (χ4n) is 2.09. The topological polar surface area (TPSA) is 49.5 Å². The molecule has 3 nitrogen and oxygen atoms in total. The van der Waals surface area contributed by atoms with Gasteiger partial charge < -0.3 is 15.7 Å². The third kappa shape index (κ3) is 2.54. The van der Waals surface area contributed by atoms with Crippen LogP contribution < -0.4 is 10.6 Å². The van der Waals surface area contributed by atoms with E-state index in [-0.39, 0.29) is 0 Å². The number of anilines is 1. The van der Waals surface area contributed by atoms with Gasteiger partial charge in [0.05, 0.1) is 5.60 Å². The number of nitrogens with zero attached hydrogens (tertiary/aromatic N) is 1. The van der Waals surface area contributed by atoms with Crippen molar-refractivity contribution in [1.29, 1.82) is 0 Å². The summed E-state index contributed by atoms with van der Waals surface area (Å²) in [4.78, 5) is 2.32. The minimum Gasteiger partial charge on any atom is -0.390 e. The highest BCUT2D eigenvalue weighted by Gasteiger charge is 2.27. The van der Waals surface area contributed by atoms with Gasteiger partial charge in [-0.3, -0.25) is 0 Å². The largest absolute Gasteiger partial charge is 0.390 e. The van der Waals surface area contributed by atoms with Crippen molar-refractivity contribution in [2.45, 2.75) is 31.9 Å². The zero-order valence-electron chi connectivity index (χ0n) is 9.82. The summed E-state index contributed by atoms with van der Waals surface area (Å²) in [5, 5.41) is 9.88. The minimum absolute atomic E-state index is 0.478. The van der Waals surface area contributed by atoms with Crippen molar-refractivity contribution in [3.8, 4) is 0 Å². The van der Waals surface area contributed by atoms with Crippen LogP contribution in [0.5, 0.6) is 0 Å². The van der Waals surface area contributed by atoms with Crippen molar-refractivity contribution in [3.05, 3.63) is 29.8 Å². The van der Waals surface area contributed by atoms with Crippen LogP contribution in [-0.2, 0) is 6.54 Å². The summed E-state index contributed by atoms with van der Waals surface area (Å²) >= 11 is 0. The first-order chi connectivity index (χ1) is 7.61. The third-order valence-electron chi connectivity index (χ3n) is 3.38. The summed E-state index contributed by atoms with van der Waals surface area (Å²) in [6, 6.07) is 8.37. The molecule has 1 heterocycles. The van der Waals surface area contributed by atoms with Crippen LogP contribution in [0.25, 0.3) is 0 Å². The van der Waals surface area contributed by atoms with Gasteiger partial charge in [-0.15, -0.1) is 0 Å². The second-order valence-corrected chi connectivity index (χ2v) is 4.85. The molecule has 16 heavy (non-hydrogen) atoms. The molecule has 1 aromatic carbocycles. The van der Waals surface area contributed by atoms with Crippen molar-refractivity contribution >= 4 is 5.69 Å². The maximum absolute atomic E-state index is 9.88. The lowest BCUT2D eigenvalue weighted by atomic mass is 9.93. The average molecular weight is 220 g/mol. The summed E-state index contributed by atoms with van der Waals surface area (Å²) in [6.45, 7) is 4.36. The summed E-state index contributed by atoms with van der Waals surface area (Å²) in [7, 11) is 0. The lowest BCUT2D eigenvalue weighted by Gasteiger charge is -2.37. The lowest BCUT2D eigenvalue weighted by Crippen LogP contribution is -2.42. The van der Waals surface area contributed by atoms with E-state index in [1.54, 1.807) is 0 Å². The molecule has 2 rings (SSSR count). The standard InChI is InChI=1S/C13H20N2O/c1-13(16)6-8-15(9-7-13)12-4-2-11(10-14)3-5-12/h2-5,16H,6-10,14H2,1H3. The van der Waals surface area contributed by atoms with Gasteiger partial charge in [0, 0.05) is 25.3 Å². The van der Waals surface area contributed by atoms with E-state index >= 15 is 0 Å². The molecule has 1 fully saturated rings. The average Bonchev–Trinajstić information content (AvgIpc) is 2.29. The lowest BCUT2D eigenvalue weighted by molar-refractivity contribution is 0.0351. The monoisotopic (exact) mass is 220 g/mol. The van der Waals surface area contributed by atoms with E-state index in [0.29, 0.717) is 6.54 Å². The quantitative estimate of drug-likeness (QED) is 0.794. The molecule has 1 saturated heterocycles. The van der Waals surface area contributed by atoms with E-state index in [4.69, 9.17) is 5.73 Å². The van der Waals surface area contributed by atoms with Gasteiger partial charge in [-0.2, -0.15) is 0 Å². The predicted octanol–water partition coefficient (Wildman–Crippen LogP) is 1.50. The van der Waals surface area contributed by atoms with Crippen LogP contribution in [0.2, 0.25) is 0 Å². The van der Waals surface area contributed by atoms with Gasteiger partial charge in [0.1, 0.15) is 0 Å². The molecule has 88 valence electrons. The van der Waals surface area contributed by atoms with Crippen molar-refractivity contribution in [3.63, 3.8) is 0 Å². The van der Waals surface area contributed by atoms with Gasteiger partial charge in [0.15, 0.2) is 0 Å². The molecule has 0 saturated carbocycles. The van der Waals surface area contributed by atoms with Crippen molar-refractivity contribution in [2.75, 3.05) is 18.0 Å². The smallest absolute Gasteiger partial charge is 0.0653 e. The second-order valence-electron chi connectivity index (χ2n) is 4.85. The maximum Gasteiger partial charge on any atom is 0.0653 e. The molecule has 1 aliphatic heterocycles. The Morgan fingerprint density at radius 1 is 1.25 bits per heavy atom. The van der Waals surface area contributed by atoms with Crippen molar-refractivity contribution in [1.82, 2.24) is 0 Å². The van der Waals surface area contributed by atoms with Gasteiger partial charge in [-0.1, -0.05) is 12.1 Å². The molecule has 0 bridgehead atoms. The second kappa shape index (κ2) is 4.44. The molecule has 0 amide bonds. The molecule has 1 aromatic rings. The van der Waals surface area contributed by atoms with E-state index in [1.807, 2.05) is 6.92 Å². The minimum atomic E-state index is -0.478. The zero-order valence-corrected chi connectivity index (χ0v) is 9.82. The first-order valence-corrected chi connectivity index (χ1v) is 5.87. The summed E-state index contributed by atoms with van der Waals surface area (Å²) in [5.74, 6) is 0. The van der Waals surface area contributed by atoms with Crippen LogP contribution in [0.4, 0.5) is 5.69 Å². The summed E-state index contributed by atoms with van der Waals surface area (Å²) in [6.07, 6.45) is 1.68. The first-order valence-electron chi connectivity index (χ1n) is 5.87. The van der Waals surface area contributed by atoms with Gasteiger partial charge in [0.25, 0.3) is 0 Å². The fourth-order valence-corrected chi connectivity index (χ4v) is 2.09. The fraction of sp³-hybridized carbons (Fsp3) is 0.538. The molecule has 0 unspecified atom stereocenters. The summed E-state index contributed by atoms with van der Waals surface area (Å²) < 4.78 is 0. The van der Waals surface area contributed by atoms with Crippen molar-refractivity contribution < 1.29 is 5.11 Å². The van der Waals surface area contributed by atoms with E-state index in [9.17, 15) is 5.11 Å².